The van der Waals surface area contributed by atoms with Gasteiger partial charge in [0.05, 0.1) is 11.7 Å². The molecule has 1 atom stereocenters. The van der Waals surface area contributed by atoms with Crippen LogP contribution in [-0.4, -0.2) is 59.0 Å². The van der Waals surface area contributed by atoms with Crippen LogP contribution < -0.4 is 0 Å². The fourth-order valence-electron chi connectivity index (χ4n) is 4.01. The first kappa shape index (κ1) is 18.8. The topological polar surface area (TPSA) is 60.9 Å². The third-order valence-corrected chi connectivity index (χ3v) is 5.51. The number of halogens is 2. The third-order valence-electron chi connectivity index (χ3n) is 5.51. The predicted molar refractivity (Wildman–Crippen MR) is 91.4 cm³/mol. The van der Waals surface area contributed by atoms with Crippen LogP contribution in [0.4, 0.5) is 8.78 Å². The third kappa shape index (κ3) is 3.87. The van der Waals surface area contributed by atoms with E-state index in [-0.39, 0.29) is 16.9 Å². The van der Waals surface area contributed by atoms with Gasteiger partial charge in [0.15, 0.2) is 0 Å². The van der Waals surface area contributed by atoms with E-state index in [4.69, 9.17) is 0 Å². The van der Waals surface area contributed by atoms with Gasteiger partial charge in [0, 0.05) is 38.7 Å². The molecule has 0 aromatic heterocycles. The number of rotatable bonds is 3. The summed E-state index contributed by atoms with van der Waals surface area (Å²) in [6.07, 6.45) is 2.11. The van der Waals surface area contributed by atoms with Crippen LogP contribution in [-0.2, 0) is 4.79 Å². The van der Waals surface area contributed by atoms with Gasteiger partial charge in [-0.05, 0) is 43.7 Å². The zero-order valence-electron chi connectivity index (χ0n) is 14.9. The highest BCUT2D eigenvalue weighted by Gasteiger charge is 2.42. The summed E-state index contributed by atoms with van der Waals surface area (Å²) in [6, 6.07) is 2.99. The molecule has 2 fully saturated rings. The molecular formula is C19H24F2N2O3. The minimum Gasteiger partial charge on any atom is -0.392 e. The molecule has 7 heteroatoms. The minimum atomic E-state index is -0.846. The smallest absolute Gasteiger partial charge is 0.256 e. The standard InChI is InChI=1S/C19H24F2N2O3/c1-13(24)11-23-12-19(5-4-17(23)25)6-8-22(9-7-19)18(26)15-3-2-14(20)10-16(15)21/h2-3,10,13,24H,4-9,11-12H2,1H3. The Morgan fingerprint density at radius 2 is 1.96 bits per heavy atom. The summed E-state index contributed by atoms with van der Waals surface area (Å²) in [4.78, 5) is 27.9. The van der Waals surface area contributed by atoms with Gasteiger partial charge in [-0.1, -0.05) is 0 Å². The lowest BCUT2D eigenvalue weighted by Gasteiger charge is -2.47. The Labute approximate surface area is 151 Å². The molecule has 1 unspecified atom stereocenters. The molecule has 26 heavy (non-hydrogen) atoms. The van der Waals surface area contributed by atoms with Gasteiger partial charge in [0.25, 0.3) is 5.91 Å². The number of aliphatic hydroxyl groups excluding tert-OH is 1. The van der Waals surface area contributed by atoms with Gasteiger partial charge in [-0.2, -0.15) is 0 Å². The van der Waals surface area contributed by atoms with E-state index in [1.54, 1.807) is 16.7 Å². The molecule has 0 bridgehead atoms. The maximum absolute atomic E-state index is 13.9. The quantitative estimate of drug-likeness (QED) is 0.892. The second-order valence-electron chi connectivity index (χ2n) is 7.54. The highest BCUT2D eigenvalue weighted by Crippen LogP contribution is 2.40. The lowest BCUT2D eigenvalue weighted by Crippen LogP contribution is -2.53. The summed E-state index contributed by atoms with van der Waals surface area (Å²) in [7, 11) is 0. The Morgan fingerprint density at radius 3 is 2.58 bits per heavy atom. The first-order valence-electron chi connectivity index (χ1n) is 9.00. The monoisotopic (exact) mass is 366 g/mol. The number of aliphatic hydroxyl groups is 1. The summed E-state index contributed by atoms with van der Waals surface area (Å²) >= 11 is 0. The molecule has 1 aromatic carbocycles. The Hall–Kier alpha value is -2.02. The number of β-amino-alcohol motifs (C(OH)–C–C–N with tert-alkyl or cyclic N) is 1. The first-order chi connectivity index (χ1) is 12.3. The van der Waals surface area contributed by atoms with E-state index in [1.807, 2.05) is 0 Å². The van der Waals surface area contributed by atoms with Gasteiger partial charge >= 0.3 is 0 Å². The number of hydrogen-bond acceptors (Lipinski definition) is 3. The number of nitrogens with zero attached hydrogens (tertiary/aromatic N) is 2. The van der Waals surface area contributed by atoms with E-state index in [1.165, 1.54) is 6.07 Å². The molecule has 0 radical (unpaired) electrons. The van der Waals surface area contributed by atoms with Crippen LogP contribution in [0.15, 0.2) is 18.2 Å². The molecule has 3 rings (SSSR count). The average molecular weight is 366 g/mol. The van der Waals surface area contributed by atoms with Crippen LogP contribution in [0, 0.1) is 17.0 Å². The van der Waals surface area contributed by atoms with E-state index in [0.717, 1.165) is 31.4 Å². The number of benzene rings is 1. The normalized spacial score (nSPS) is 21.2. The van der Waals surface area contributed by atoms with Gasteiger partial charge in [-0.25, -0.2) is 8.78 Å². The molecule has 5 nitrogen and oxygen atoms in total. The molecule has 2 amide bonds. The Balaban J connectivity index is 1.65. The maximum atomic E-state index is 13.9. The second kappa shape index (κ2) is 7.31. The summed E-state index contributed by atoms with van der Waals surface area (Å²) in [5.74, 6) is -1.92. The molecule has 2 aliphatic heterocycles. The van der Waals surface area contributed by atoms with Crippen molar-refractivity contribution in [2.75, 3.05) is 26.2 Å². The van der Waals surface area contributed by atoms with Crippen LogP contribution in [0.3, 0.4) is 0 Å². The van der Waals surface area contributed by atoms with E-state index < -0.39 is 23.6 Å². The SMILES string of the molecule is CC(O)CN1CC2(CCC1=O)CCN(C(=O)c1ccc(F)cc1F)CC2. The summed E-state index contributed by atoms with van der Waals surface area (Å²) in [6.45, 7) is 3.53. The number of piperidine rings is 2. The highest BCUT2D eigenvalue weighted by atomic mass is 19.1. The highest BCUT2D eigenvalue weighted by molar-refractivity contribution is 5.94. The van der Waals surface area contributed by atoms with Gasteiger partial charge < -0.3 is 14.9 Å². The molecule has 2 heterocycles. The van der Waals surface area contributed by atoms with E-state index in [2.05, 4.69) is 0 Å². The largest absolute Gasteiger partial charge is 0.392 e. The molecule has 0 aliphatic carbocycles. The molecule has 1 N–H and O–H groups in total. The Kier molecular flexibility index (Phi) is 5.27. The predicted octanol–water partition coefficient (Wildman–Crippen LogP) is 2.19. The van der Waals surface area contributed by atoms with Crippen molar-refractivity contribution in [3.8, 4) is 0 Å². The van der Waals surface area contributed by atoms with Crippen molar-refractivity contribution in [2.24, 2.45) is 5.41 Å². The van der Waals surface area contributed by atoms with Gasteiger partial charge in [-0.15, -0.1) is 0 Å². The van der Waals surface area contributed by atoms with Crippen LogP contribution in [0.5, 0.6) is 0 Å². The van der Waals surface area contributed by atoms with Crippen molar-refractivity contribution in [1.82, 2.24) is 9.80 Å². The number of carbonyl (C=O) groups excluding carboxylic acids is 2. The van der Waals surface area contributed by atoms with Crippen molar-refractivity contribution in [1.29, 1.82) is 0 Å². The summed E-state index contributed by atoms with van der Waals surface area (Å²) in [5, 5.41) is 9.59. The molecule has 2 aliphatic rings. The fraction of sp³-hybridized carbons (Fsp3) is 0.579. The van der Waals surface area contributed by atoms with Crippen molar-refractivity contribution in [3.05, 3.63) is 35.4 Å². The Morgan fingerprint density at radius 1 is 1.27 bits per heavy atom. The average Bonchev–Trinajstić information content (AvgIpc) is 2.58. The lowest BCUT2D eigenvalue weighted by atomic mass is 9.72. The molecule has 0 saturated carbocycles. The molecule has 2 saturated heterocycles. The first-order valence-corrected chi connectivity index (χ1v) is 9.00. The zero-order chi connectivity index (χ0) is 18.9. The molecular weight excluding hydrogens is 342 g/mol. The number of likely N-dealkylation sites (tertiary alicyclic amines) is 2. The Bertz CT molecular complexity index is 700. The number of carbonyl (C=O) groups is 2. The minimum absolute atomic E-state index is 0.0546. The van der Waals surface area contributed by atoms with E-state index in [9.17, 15) is 23.5 Å². The van der Waals surface area contributed by atoms with Crippen LogP contribution in [0.1, 0.15) is 43.0 Å². The molecule has 142 valence electrons. The van der Waals surface area contributed by atoms with Crippen molar-refractivity contribution in [3.63, 3.8) is 0 Å². The van der Waals surface area contributed by atoms with Gasteiger partial charge in [-0.3, -0.25) is 9.59 Å². The lowest BCUT2D eigenvalue weighted by molar-refractivity contribution is -0.140. The number of amides is 2. The van der Waals surface area contributed by atoms with Crippen molar-refractivity contribution >= 4 is 11.8 Å². The van der Waals surface area contributed by atoms with Crippen LogP contribution >= 0.6 is 0 Å². The van der Waals surface area contributed by atoms with Crippen molar-refractivity contribution in [2.45, 2.75) is 38.7 Å². The molecule has 1 aromatic rings. The summed E-state index contributed by atoms with van der Waals surface area (Å²) in [5.41, 5.74) is -0.169. The van der Waals surface area contributed by atoms with Gasteiger partial charge in [0.2, 0.25) is 5.91 Å². The van der Waals surface area contributed by atoms with Gasteiger partial charge in [0.1, 0.15) is 11.6 Å². The number of hydrogen-bond donors (Lipinski definition) is 1. The van der Waals surface area contributed by atoms with Crippen LogP contribution in [0.25, 0.3) is 0 Å². The van der Waals surface area contributed by atoms with E-state index >= 15 is 0 Å². The van der Waals surface area contributed by atoms with Crippen molar-refractivity contribution < 1.29 is 23.5 Å². The van der Waals surface area contributed by atoms with E-state index in [0.29, 0.717) is 32.6 Å². The summed E-state index contributed by atoms with van der Waals surface area (Å²) < 4.78 is 26.9. The van der Waals surface area contributed by atoms with Crippen LogP contribution in [0.2, 0.25) is 0 Å². The molecule has 1 spiro atoms. The zero-order valence-corrected chi connectivity index (χ0v) is 14.9. The second-order valence-corrected chi connectivity index (χ2v) is 7.54. The fourth-order valence-corrected chi connectivity index (χ4v) is 4.01. The maximum Gasteiger partial charge on any atom is 0.256 e.